The standard InChI is InChI=1S/C26H24ClFN4O3/c27-19-3-1-17(2-4-19)15-30-11-12-31-24-10-9-22(32(34)35)13-18(24)14-23(25(31)16-30)26(33)29-21-7-5-20(28)6-8-21/h1-10,13,23,25H,11-12,14-16H2,(H,29,33)/t23-,25-/m0/s1. The highest BCUT2D eigenvalue weighted by Crippen LogP contribution is 2.38. The normalized spacial score (nSPS) is 19.5. The highest BCUT2D eigenvalue weighted by Gasteiger charge is 2.42. The molecule has 180 valence electrons. The largest absolute Gasteiger partial charge is 0.365 e. The van der Waals surface area contributed by atoms with Gasteiger partial charge in [-0.3, -0.25) is 19.8 Å². The molecule has 0 spiro atoms. The van der Waals surface area contributed by atoms with Crippen molar-refractivity contribution in [3.63, 3.8) is 0 Å². The Labute approximate surface area is 207 Å². The number of anilines is 2. The summed E-state index contributed by atoms with van der Waals surface area (Å²) < 4.78 is 13.3. The van der Waals surface area contributed by atoms with E-state index in [0.29, 0.717) is 30.2 Å². The molecular weight excluding hydrogens is 471 g/mol. The number of nitrogens with zero attached hydrogens (tertiary/aromatic N) is 3. The lowest BCUT2D eigenvalue weighted by Gasteiger charge is -2.49. The molecule has 3 aromatic rings. The molecule has 1 saturated heterocycles. The smallest absolute Gasteiger partial charge is 0.269 e. The van der Waals surface area contributed by atoms with Crippen LogP contribution in [0.2, 0.25) is 5.02 Å². The van der Waals surface area contributed by atoms with Gasteiger partial charge >= 0.3 is 0 Å². The summed E-state index contributed by atoms with van der Waals surface area (Å²) in [6.45, 7) is 2.90. The number of rotatable bonds is 5. The van der Waals surface area contributed by atoms with Gasteiger partial charge in [-0.05, 0) is 60.0 Å². The molecular formula is C26H24ClFN4O3. The zero-order chi connectivity index (χ0) is 24.5. The number of nitro groups is 1. The highest BCUT2D eigenvalue weighted by atomic mass is 35.5. The predicted molar refractivity (Wildman–Crippen MR) is 133 cm³/mol. The Morgan fingerprint density at radius 3 is 2.54 bits per heavy atom. The molecule has 7 nitrogen and oxygen atoms in total. The molecule has 35 heavy (non-hydrogen) atoms. The molecule has 1 amide bonds. The fourth-order valence-electron chi connectivity index (χ4n) is 5.04. The summed E-state index contributed by atoms with van der Waals surface area (Å²) in [5.41, 5.74) is 3.41. The third kappa shape index (κ3) is 4.99. The number of hydrogen-bond acceptors (Lipinski definition) is 5. The number of carbonyl (C=O) groups is 1. The van der Waals surface area contributed by atoms with Crippen LogP contribution in [-0.2, 0) is 17.8 Å². The molecule has 3 aromatic carbocycles. The molecule has 0 bridgehead atoms. The monoisotopic (exact) mass is 494 g/mol. The fraction of sp³-hybridized carbons (Fsp3) is 0.269. The van der Waals surface area contributed by atoms with E-state index in [2.05, 4.69) is 15.1 Å². The summed E-state index contributed by atoms with van der Waals surface area (Å²) in [7, 11) is 0. The Morgan fingerprint density at radius 1 is 1.09 bits per heavy atom. The first-order valence-electron chi connectivity index (χ1n) is 11.4. The lowest BCUT2D eigenvalue weighted by Crippen LogP contribution is -2.60. The van der Waals surface area contributed by atoms with Crippen molar-refractivity contribution >= 4 is 34.6 Å². The lowest BCUT2D eigenvalue weighted by atomic mass is 9.83. The van der Waals surface area contributed by atoms with Crippen LogP contribution in [-0.4, -0.2) is 41.4 Å². The molecule has 0 radical (unpaired) electrons. The molecule has 9 heteroatoms. The van der Waals surface area contributed by atoms with Gasteiger partial charge in [0.25, 0.3) is 5.69 Å². The van der Waals surface area contributed by atoms with E-state index in [-0.39, 0.29) is 23.5 Å². The van der Waals surface area contributed by atoms with Crippen LogP contribution in [0.25, 0.3) is 0 Å². The van der Waals surface area contributed by atoms with Crippen LogP contribution >= 0.6 is 11.6 Å². The third-order valence-electron chi connectivity index (χ3n) is 6.76. The number of nitro benzene ring substituents is 1. The minimum atomic E-state index is -0.428. The van der Waals surface area contributed by atoms with Crippen molar-refractivity contribution in [2.24, 2.45) is 5.92 Å². The van der Waals surface area contributed by atoms with Gasteiger partial charge in [-0.15, -0.1) is 0 Å². The summed E-state index contributed by atoms with van der Waals surface area (Å²) in [4.78, 5) is 28.9. The van der Waals surface area contributed by atoms with E-state index in [4.69, 9.17) is 11.6 Å². The average Bonchev–Trinajstić information content (AvgIpc) is 2.85. The highest BCUT2D eigenvalue weighted by molar-refractivity contribution is 6.30. The molecule has 2 heterocycles. The van der Waals surface area contributed by atoms with Gasteiger partial charge in [0.1, 0.15) is 5.82 Å². The molecule has 0 aliphatic carbocycles. The molecule has 1 N–H and O–H groups in total. The summed E-state index contributed by atoms with van der Waals surface area (Å²) in [5.74, 6) is -0.988. The van der Waals surface area contributed by atoms with Crippen molar-refractivity contribution in [3.05, 3.63) is 98.8 Å². The number of benzene rings is 3. The van der Waals surface area contributed by atoms with Gasteiger partial charge in [0, 0.05) is 54.7 Å². The maximum atomic E-state index is 13.4. The van der Waals surface area contributed by atoms with E-state index in [1.54, 1.807) is 12.1 Å². The van der Waals surface area contributed by atoms with Crippen molar-refractivity contribution in [3.8, 4) is 0 Å². The van der Waals surface area contributed by atoms with Gasteiger partial charge in [0.2, 0.25) is 5.91 Å². The van der Waals surface area contributed by atoms with Crippen LogP contribution < -0.4 is 10.2 Å². The number of fused-ring (bicyclic) bond motifs is 3. The van der Waals surface area contributed by atoms with E-state index >= 15 is 0 Å². The van der Waals surface area contributed by atoms with Crippen molar-refractivity contribution in [1.82, 2.24) is 4.90 Å². The maximum Gasteiger partial charge on any atom is 0.269 e. The molecule has 0 saturated carbocycles. The molecule has 1 fully saturated rings. The second kappa shape index (κ2) is 9.64. The van der Waals surface area contributed by atoms with Crippen molar-refractivity contribution < 1.29 is 14.1 Å². The maximum absolute atomic E-state index is 13.4. The summed E-state index contributed by atoms with van der Waals surface area (Å²) in [5, 5.41) is 15.0. The van der Waals surface area contributed by atoms with E-state index in [9.17, 15) is 19.3 Å². The van der Waals surface area contributed by atoms with Crippen LogP contribution in [0.4, 0.5) is 21.5 Å². The minimum absolute atomic E-state index is 0.0151. The Hall–Kier alpha value is -3.49. The number of amides is 1. The van der Waals surface area contributed by atoms with E-state index < -0.39 is 10.8 Å². The quantitative estimate of drug-likeness (QED) is 0.403. The zero-order valence-corrected chi connectivity index (χ0v) is 19.6. The van der Waals surface area contributed by atoms with Crippen LogP contribution in [0.1, 0.15) is 11.1 Å². The SMILES string of the molecule is O=C(Nc1ccc(F)cc1)[C@H]1Cc2cc([N+](=O)[O-])ccc2N2CCN(Cc3ccc(Cl)cc3)C[C@@H]12. The summed E-state index contributed by atoms with van der Waals surface area (Å²) >= 11 is 6.03. The van der Waals surface area contributed by atoms with Gasteiger partial charge in [0.15, 0.2) is 0 Å². The van der Waals surface area contributed by atoms with Gasteiger partial charge in [-0.25, -0.2) is 4.39 Å². The van der Waals surface area contributed by atoms with Crippen molar-refractivity contribution in [2.75, 3.05) is 29.9 Å². The van der Waals surface area contributed by atoms with Gasteiger partial charge in [0.05, 0.1) is 16.9 Å². The third-order valence-corrected chi connectivity index (χ3v) is 7.01. The second-order valence-corrected chi connectivity index (χ2v) is 9.44. The summed E-state index contributed by atoms with van der Waals surface area (Å²) in [6.07, 6.45) is 0.389. The molecule has 0 aromatic heterocycles. The van der Waals surface area contributed by atoms with Crippen molar-refractivity contribution in [1.29, 1.82) is 0 Å². The van der Waals surface area contributed by atoms with E-state index in [1.807, 2.05) is 24.3 Å². The number of non-ortho nitro benzene ring substituents is 1. The molecule has 0 unspecified atom stereocenters. The Balaban J connectivity index is 1.42. The van der Waals surface area contributed by atoms with Gasteiger partial charge < -0.3 is 10.2 Å². The molecule has 2 atom stereocenters. The van der Waals surface area contributed by atoms with E-state index in [1.165, 1.54) is 30.3 Å². The number of carbonyl (C=O) groups excluding carboxylic acids is 1. The number of piperazine rings is 1. The number of hydrogen-bond donors (Lipinski definition) is 1. The van der Waals surface area contributed by atoms with Crippen LogP contribution in [0, 0.1) is 21.8 Å². The number of nitrogens with one attached hydrogen (secondary N) is 1. The van der Waals surface area contributed by atoms with Crippen molar-refractivity contribution in [2.45, 2.75) is 19.0 Å². The Morgan fingerprint density at radius 2 is 1.83 bits per heavy atom. The Bertz CT molecular complexity index is 1250. The van der Waals surface area contributed by atoms with E-state index in [0.717, 1.165) is 29.9 Å². The second-order valence-electron chi connectivity index (χ2n) is 9.00. The minimum Gasteiger partial charge on any atom is -0.365 e. The van der Waals surface area contributed by atoms with Gasteiger partial charge in [-0.1, -0.05) is 23.7 Å². The Kier molecular flexibility index (Phi) is 6.40. The first-order valence-corrected chi connectivity index (χ1v) is 11.8. The molecule has 2 aliphatic heterocycles. The van der Waals surface area contributed by atoms with Crippen LogP contribution in [0.5, 0.6) is 0 Å². The van der Waals surface area contributed by atoms with Crippen LogP contribution in [0.3, 0.4) is 0 Å². The van der Waals surface area contributed by atoms with Crippen LogP contribution in [0.15, 0.2) is 66.7 Å². The fourth-order valence-corrected chi connectivity index (χ4v) is 5.17. The summed E-state index contributed by atoms with van der Waals surface area (Å²) in [6, 6.07) is 18.2. The average molecular weight is 495 g/mol. The zero-order valence-electron chi connectivity index (χ0n) is 18.9. The first-order chi connectivity index (χ1) is 16.9. The number of halogens is 2. The lowest BCUT2D eigenvalue weighted by molar-refractivity contribution is -0.384. The topological polar surface area (TPSA) is 78.7 Å². The van der Waals surface area contributed by atoms with Gasteiger partial charge in [-0.2, -0.15) is 0 Å². The molecule has 2 aliphatic rings. The first kappa shape index (κ1) is 23.3. The predicted octanol–water partition coefficient (Wildman–Crippen LogP) is 4.89. The molecule has 5 rings (SSSR count).